The molecule has 0 aromatic carbocycles. The van der Waals surface area contributed by atoms with Gasteiger partial charge in [0.2, 0.25) is 0 Å². The second-order valence-electron chi connectivity index (χ2n) is 1.95. The third kappa shape index (κ3) is 6.76. The van der Waals surface area contributed by atoms with E-state index in [1.807, 2.05) is 0 Å². The van der Waals surface area contributed by atoms with E-state index in [0.717, 1.165) is 6.54 Å². The zero-order chi connectivity index (χ0) is 6.24. The molecular formula is C6H15NSn. The van der Waals surface area contributed by atoms with Crippen LogP contribution in [0.3, 0.4) is 0 Å². The molecule has 0 heterocycles. The van der Waals surface area contributed by atoms with Crippen LogP contribution in [0.4, 0.5) is 0 Å². The van der Waals surface area contributed by atoms with Crippen molar-refractivity contribution < 1.29 is 0 Å². The summed E-state index contributed by atoms with van der Waals surface area (Å²) in [5.41, 5.74) is 5.32. The SMILES string of the molecule is [CH3][Sn][CH2]CCCCN. The Bertz CT molecular complexity index is 33.5. The van der Waals surface area contributed by atoms with Gasteiger partial charge < -0.3 is 0 Å². The van der Waals surface area contributed by atoms with Crippen molar-refractivity contribution in [3.05, 3.63) is 0 Å². The molecule has 0 saturated heterocycles. The average molecular weight is 220 g/mol. The van der Waals surface area contributed by atoms with Crippen LogP contribution in [0, 0.1) is 0 Å². The quantitative estimate of drug-likeness (QED) is 0.548. The van der Waals surface area contributed by atoms with Gasteiger partial charge >= 0.3 is 62.1 Å². The molecule has 0 aliphatic heterocycles. The summed E-state index contributed by atoms with van der Waals surface area (Å²) in [6.45, 7) is 0.884. The Kier molecular flexibility index (Phi) is 8.49. The van der Waals surface area contributed by atoms with Gasteiger partial charge in [-0.1, -0.05) is 0 Å². The van der Waals surface area contributed by atoms with Gasteiger partial charge in [-0.2, -0.15) is 0 Å². The minimum absolute atomic E-state index is 0.126. The molecule has 0 fully saturated rings. The maximum atomic E-state index is 5.32. The van der Waals surface area contributed by atoms with E-state index in [9.17, 15) is 0 Å². The molecule has 0 aliphatic carbocycles. The van der Waals surface area contributed by atoms with Crippen molar-refractivity contribution in [1.82, 2.24) is 0 Å². The van der Waals surface area contributed by atoms with Crippen LogP contribution < -0.4 is 5.73 Å². The topological polar surface area (TPSA) is 26.0 Å². The van der Waals surface area contributed by atoms with E-state index in [0.29, 0.717) is 0 Å². The molecule has 2 radical (unpaired) electrons. The molecule has 2 heteroatoms. The maximum absolute atomic E-state index is 5.32. The van der Waals surface area contributed by atoms with Crippen LogP contribution in [0.15, 0.2) is 0 Å². The number of hydrogen-bond donors (Lipinski definition) is 1. The zero-order valence-electron chi connectivity index (χ0n) is 5.61. The first kappa shape index (κ1) is 8.76. The molecule has 0 unspecified atom stereocenters. The van der Waals surface area contributed by atoms with Crippen LogP contribution in [0.25, 0.3) is 0 Å². The summed E-state index contributed by atoms with van der Waals surface area (Å²) in [7, 11) is 0. The van der Waals surface area contributed by atoms with Crippen molar-refractivity contribution in [3.63, 3.8) is 0 Å². The molecule has 48 valence electrons. The Labute approximate surface area is 62.2 Å². The van der Waals surface area contributed by atoms with Crippen LogP contribution in [-0.4, -0.2) is 27.7 Å². The molecule has 0 bridgehead atoms. The zero-order valence-corrected chi connectivity index (χ0v) is 8.47. The molecule has 0 atom stereocenters. The standard InChI is InChI=1S/C5H12N.CH3.Sn/c1-2-3-4-5-6;;/h1-6H2;1H3;. The van der Waals surface area contributed by atoms with Gasteiger partial charge in [-0.05, 0) is 0 Å². The summed E-state index contributed by atoms with van der Waals surface area (Å²) in [5, 5.41) is 0. The van der Waals surface area contributed by atoms with Gasteiger partial charge in [0.25, 0.3) is 0 Å². The Balaban J connectivity index is 2.53. The van der Waals surface area contributed by atoms with Crippen molar-refractivity contribution in [2.24, 2.45) is 5.73 Å². The molecule has 0 aliphatic rings. The van der Waals surface area contributed by atoms with E-state index >= 15 is 0 Å². The Hall–Kier alpha value is 0.759. The van der Waals surface area contributed by atoms with Gasteiger partial charge in [-0.25, -0.2) is 0 Å². The first-order valence-corrected chi connectivity index (χ1v) is 8.13. The van der Waals surface area contributed by atoms with Gasteiger partial charge in [0.05, 0.1) is 0 Å². The van der Waals surface area contributed by atoms with Gasteiger partial charge in [0, 0.05) is 0 Å². The summed E-state index contributed by atoms with van der Waals surface area (Å²) in [4.78, 5) is 2.39. The predicted molar refractivity (Wildman–Crippen MR) is 39.3 cm³/mol. The van der Waals surface area contributed by atoms with Gasteiger partial charge in [0.1, 0.15) is 0 Å². The number of hydrogen-bond acceptors (Lipinski definition) is 1. The third-order valence-electron chi connectivity index (χ3n) is 1.13. The molecule has 0 spiro atoms. The number of nitrogens with two attached hydrogens (primary N) is 1. The van der Waals surface area contributed by atoms with E-state index in [4.69, 9.17) is 5.73 Å². The molecule has 0 amide bonds. The van der Waals surface area contributed by atoms with Gasteiger partial charge in [-0.15, -0.1) is 0 Å². The van der Waals surface area contributed by atoms with Crippen molar-refractivity contribution >= 4 is 21.1 Å². The Morgan fingerprint density at radius 2 is 2.00 bits per heavy atom. The summed E-state index contributed by atoms with van der Waals surface area (Å²) >= 11 is 0.126. The Morgan fingerprint density at radius 1 is 1.25 bits per heavy atom. The number of rotatable bonds is 5. The van der Waals surface area contributed by atoms with Crippen LogP contribution >= 0.6 is 0 Å². The van der Waals surface area contributed by atoms with E-state index < -0.39 is 0 Å². The fourth-order valence-corrected chi connectivity index (χ4v) is 2.35. The number of unbranched alkanes of at least 4 members (excludes halogenated alkanes) is 2. The van der Waals surface area contributed by atoms with Crippen molar-refractivity contribution in [2.75, 3.05) is 6.54 Å². The van der Waals surface area contributed by atoms with Crippen LogP contribution in [0.5, 0.6) is 0 Å². The third-order valence-corrected chi connectivity index (χ3v) is 3.57. The second kappa shape index (κ2) is 7.76. The van der Waals surface area contributed by atoms with Gasteiger partial charge in [-0.3, -0.25) is 0 Å². The van der Waals surface area contributed by atoms with E-state index in [1.54, 1.807) is 4.44 Å². The summed E-state index contributed by atoms with van der Waals surface area (Å²) in [5.74, 6) is 0. The summed E-state index contributed by atoms with van der Waals surface area (Å²) in [6.07, 6.45) is 4.05. The first-order chi connectivity index (χ1) is 3.91. The molecular weight excluding hydrogens is 205 g/mol. The van der Waals surface area contributed by atoms with Crippen molar-refractivity contribution in [2.45, 2.75) is 28.6 Å². The Morgan fingerprint density at radius 3 is 2.50 bits per heavy atom. The van der Waals surface area contributed by atoms with E-state index in [1.165, 1.54) is 19.3 Å². The van der Waals surface area contributed by atoms with Crippen LogP contribution in [-0.2, 0) is 0 Å². The molecule has 8 heavy (non-hydrogen) atoms. The van der Waals surface area contributed by atoms with E-state index in [2.05, 4.69) is 4.94 Å². The average Bonchev–Trinajstić information content (AvgIpc) is 1.81. The molecule has 0 saturated carbocycles. The molecule has 0 aromatic heterocycles. The predicted octanol–water partition coefficient (Wildman–Crippen LogP) is 1.29. The van der Waals surface area contributed by atoms with Crippen LogP contribution in [0.1, 0.15) is 19.3 Å². The summed E-state index contributed by atoms with van der Waals surface area (Å²) in [6, 6.07) is 0. The van der Waals surface area contributed by atoms with Crippen LogP contribution in [0.2, 0.25) is 9.38 Å². The molecule has 2 N–H and O–H groups in total. The van der Waals surface area contributed by atoms with Crippen molar-refractivity contribution in [3.8, 4) is 0 Å². The summed E-state index contributed by atoms with van der Waals surface area (Å²) < 4.78 is 1.54. The fraction of sp³-hybridized carbons (Fsp3) is 1.00. The van der Waals surface area contributed by atoms with Gasteiger partial charge in [0.15, 0.2) is 0 Å². The monoisotopic (exact) mass is 221 g/mol. The normalized spacial score (nSPS) is 9.75. The fourth-order valence-electron chi connectivity index (χ4n) is 0.623. The molecule has 1 nitrogen and oxygen atoms in total. The minimum atomic E-state index is 0.126. The molecule has 0 rings (SSSR count). The molecule has 0 aromatic rings. The second-order valence-corrected chi connectivity index (χ2v) is 5.40. The van der Waals surface area contributed by atoms with E-state index in [-0.39, 0.29) is 21.1 Å². The first-order valence-electron chi connectivity index (χ1n) is 3.26. The van der Waals surface area contributed by atoms with Crippen molar-refractivity contribution in [1.29, 1.82) is 0 Å².